The minimum atomic E-state index is -4.49. The van der Waals surface area contributed by atoms with E-state index in [2.05, 4.69) is 10.6 Å². The first-order valence-electron chi connectivity index (χ1n) is 9.00. The highest BCUT2D eigenvalue weighted by atomic mass is 35.5. The predicted octanol–water partition coefficient (Wildman–Crippen LogP) is 5.39. The number of thiocarbonyl (C=S) groups is 1. The zero-order valence-corrected chi connectivity index (χ0v) is 17.1. The Morgan fingerprint density at radius 3 is 2.45 bits per heavy atom. The van der Waals surface area contributed by atoms with Crippen molar-refractivity contribution < 1.29 is 18.0 Å². The summed E-state index contributed by atoms with van der Waals surface area (Å²) in [5.41, 5.74) is 1.14. The van der Waals surface area contributed by atoms with Gasteiger partial charge in [-0.3, -0.25) is 10.1 Å². The highest BCUT2D eigenvalue weighted by molar-refractivity contribution is 7.80. The molecule has 1 amide bonds. The summed E-state index contributed by atoms with van der Waals surface area (Å²) in [6.07, 6.45) is -2.55. The number of carbonyl (C=O) groups is 1. The van der Waals surface area contributed by atoms with Crippen LogP contribution in [0.3, 0.4) is 0 Å². The smallest absolute Gasteiger partial charge is 0.370 e. The molecule has 0 bridgehead atoms. The zero-order valence-electron chi connectivity index (χ0n) is 15.6. The largest absolute Gasteiger partial charge is 0.416 e. The van der Waals surface area contributed by atoms with Gasteiger partial charge in [0.15, 0.2) is 5.11 Å². The second-order valence-corrected chi connectivity index (χ2v) is 7.63. The summed E-state index contributed by atoms with van der Waals surface area (Å²) in [6, 6.07) is 8.42. The molecule has 0 spiro atoms. The van der Waals surface area contributed by atoms with Gasteiger partial charge in [-0.2, -0.15) is 13.2 Å². The fourth-order valence-corrected chi connectivity index (χ4v) is 3.70. The molecule has 9 heteroatoms. The summed E-state index contributed by atoms with van der Waals surface area (Å²) in [7, 11) is 0. The lowest BCUT2D eigenvalue weighted by atomic mass is 10.1. The predicted molar refractivity (Wildman–Crippen MR) is 113 cm³/mol. The molecule has 3 rings (SSSR count). The SMILES string of the molecule is Cc1ccc(C(=O)NC(=S)Nc2cc(C(F)(F)F)ccc2N2CCCC2)c(Cl)c1. The van der Waals surface area contributed by atoms with Crippen LogP contribution >= 0.6 is 23.8 Å². The topological polar surface area (TPSA) is 44.4 Å². The van der Waals surface area contributed by atoms with Crippen LogP contribution in [-0.4, -0.2) is 24.1 Å². The number of carbonyl (C=O) groups excluding carboxylic acids is 1. The van der Waals surface area contributed by atoms with Gasteiger partial charge in [0.2, 0.25) is 0 Å². The molecule has 0 unspecified atom stereocenters. The number of hydrogen-bond acceptors (Lipinski definition) is 3. The van der Waals surface area contributed by atoms with Gasteiger partial charge in [-0.05, 0) is 67.9 Å². The van der Waals surface area contributed by atoms with Gasteiger partial charge in [-0.15, -0.1) is 0 Å². The molecule has 29 heavy (non-hydrogen) atoms. The van der Waals surface area contributed by atoms with E-state index in [0.29, 0.717) is 5.69 Å². The van der Waals surface area contributed by atoms with Gasteiger partial charge < -0.3 is 10.2 Å². The lowest BCUT2D eigenvalue weighted by Crippen LogP contribution is -2.35. The summed E-state index contributed by atoms with van der Waals surface area (Å²) < 4.78 is 39.5. The van der Waals surface area contributed by atoms with Gasteiger partial charge in [-0.1, -0.05) is 17.7 Å². The van der Waals surface area contributed by atoms with E-state index in [0.717, 1.165) is 43.6 Å². The van der Waals surface area contributed by atoms with Crippen LogP contribution in [0.15, 0.2) is 36.4 Å². The van der Waals surface area contributed by atoms with Crippen molar-refractivity contribution in [2.24, 2.45) is 0 Å². The van der Waals surface area contributed by atoms with Crippen LogP contribution in [0.25, 0.3) is 0 Å². The molecule has 1 fully saturated rings. The number of nitrogens with zero attached hydrogens (tertiary/aromatic N) is 1. The third kappa shape index (κ3) is 5.19. The molecule has 4 nitrogen and oxygen atoms in total. The molecule has 1 heterocycles. The number of nitrogens with one attached hydrogen (secondary N) is 2. The van der Waals surface area contributed by atoms with Gasteiger partial charge in [0.25, 0.3) is 5.91 Å². The molecule has 154 valence electrons. The molecule has 2 aromatic carbocycles. The van der Waals surface area contributed by atoms with Crippen molar-refractivity contribution in [2.45, 2.75) is 25.9 Å². The lowest BCUT2D eigenvalue weighted by molar-refractivity contribution is -0.137. The maximum Gasteiger partial charge on any atom is 0.416 e. The molecule has 1 aliphatic rings. The van der Waals surface area contributed by atoms with Crippen molar-refractivity contribution >= 4 is 46.2 Å². The van der Waals surface area contributed by atoms with Crippen molar-refractivity contribution in [3.05, 3.63) is 58.1 Å². The van der Waals surface area contributed by atoms with Crippen molar-refractivity contribution in [3.63, 3.8) is 0 Å². The Labute approximate surface area is 177 Å². The summed E-state index contributed by atoms with van der Waals surface area (Å²) in [4.78, 5) is 14.4. The van der Waals surface area contributed by atoms with Gasteiger partial charge in [0.1, 0.15) is 0 Å². The first kappa shape index (κ1) is 21.4. The fourth-order valence-electron chi connectivity index (χ4n) is 3.17. The highest BCUT2D eigenvalue weighted by Gasteiger charge is 2.32. The molecule has 1 saturated heterocycles. The lowest BCUT2D eigenvalue weighted by Gasteiger charge is -2.23. The first-order chi connectivity index (χ1) is 13.6. The average molecular weight is 442 g/mol. The Kier molecular flexibility index (Phi) is 6.33. The minimum absolute atomic E-state index is 0.105. The van der Waals surface area contributed by atoms with E-state index in [-0.39, 0.29) is 21.4 Å². The normalized spacial score (nSPS) is 14.0. The maximum atomic E-state index is 13.2. The summed E-state index contributed by atoms with van der Waals surface area (Å²) in [6.45, 7) is 3.34. The van der Waals surface area contributed by atoms with E-state index in [1.54, 1.807) is 18.2 Å². The molecule has 0 atom stereocenters. The summed E-state index contributed by atoms with van der Waals surface area (Å²) in [5.74, 6) is -0.540. The molecule has 0 aliphatic carbocycles. The number of aryl methyl sites for hydroxylation is 1. The van der Waals surface area contributed by atoms with E-state index in [4.69, 9.17) is 23.8 Å². The Morgan fingerprint density at radius 2 is 1.83 bits per heavy atom. The molecular formula is C20H19ClF3N3OS. The van der Waals surface area contributed by atoms with Gasteiger partial charge >= 0.3 is 6.18 Å². The third-order valence-corrected chi connectivity index (χ3v) is 5.13. The van der Waals surface area contributed by atoms with Crippen LogP contribution in [0.1, 0.15) is 34.3 Å². The molecular weight excluding hydrogens is 423 g/mol. The van der Waals surface area contributed by atoms with Crippen molar-refractivity contribution in [3.8, 4) is 0 Å². The second-order valence-electron chi connectivity index (χ2n) is 6.82. The number of halogens is 4. The minimum Gasteiger partial charge on any atom is -0.370 e. The molecule has 0 aromatic heterocycles. The van der Waals surface area contributed by atoms with Crippen molar-refractivity contribution in [1.82, 2.24) is 5.32 Å². The monoisotopic (exact) mass is 441 g/mol. The zero-order chi connectivity index (χ0) is 21.2. The van der Waals surface area contributed by atoms with E-state index in [9.17, 15) is 18.0 Å². The first-order valence-corrected chi connectivity index (χ1v) is 9.78. The van der Waals surface area contributed by atoms with Gasteiger partial charge in [0.05, 0.1) is 27.5 Å². The van der Waals surface area contributed by atoms with Gasteiger partial charge in [-0.25, -0.2) is 0 Å². The number of alkyl halides is 3. The molecule has 0 saturated carbocycles. The number of benzene rings is 2. The van der Waals surface area contributed by atoms with Crippen LogP contribution in [0.2, 0.25) is 5.02 Å². The van der Waals surface area contributed by atoms with E-state index in [1.807, 2.05) is 11.8 Å². The van der Waals surface area contributed by atoms with Crippen LogP contribution in [0.4, 0.5) is 24.5 Å². The fraction of sp³-hybridized carbons (Fsp3) is 0.300. The Morgan fingerprint density at radius 1 is 1.14 bits per heavy atom. The van der Waals surface area contributed by atoms with Gasteiger partial charge in [0, 0.05) is 13.1 Å². The van der Waals surface area contributed by atoms with Crippen LogP contribution in [0, 0.1) is 6.92 Å². The maximum absolute atomic E-state index is 13.2. The molecule has 2 aromatic rings. The Bertz CT molecular complexity index is 943. The van der Waals surface area contributed by atoms with E-state index in [1.165, 1.54) is 6.07 Å². The number of hydrogen-bond donors (Lipinski definition) is 2. The van der Waals surface area contributed by atoms with Crippen LogP contribution in [-0.2, 0) is 6.18 Å². The van der Waals surface area contributed by atoms with Crippen molar-refractivity contribution in [1.29, 1.82) is 0 Å². The van der Waals surface area contributed by atoms with Crippen LogP contribution < -0.4 is 15.5 Å². The Balaban J connectivity index is 1.81. The molecule has 1 aliphatic heterocycles. The average Bonchev–Trinajstić information content (AvgIpc) is 3.15. The van der Waals surface area contributed by atoms with E-state index < -0.39 is 17.6 Å². The number of anilines is 2. The number of rotatable bonds is 3. The summed E-state index contributed by atoms with van der Waals surface area (Å²) in [5, 5.41) is 5.39. The molecule has 0 radical (unpaired) electrons. The van der Waals surface area contributed by atoms with Crippen molar-refractivity contribution in [2.75, 3.05) is 23.3 Å². The Hall–Kier alpha value is -2.32. The standard InChI is InChI=1S/C20H19ClF3N3OS/c1-12-4-6-14(15(21)10-12)18(28)26-19(29)25-16-11-13(20(22,23)24)5-7-17(16)27-8-2-3-9-27/h4-7,10-11H,2-3,8-9H2,1H3,(H2,25,26,28,29). The van der Waals surface area contributed by atoms with Crippen LogP contribution in [0.5, 0.6) is 0 Å². The highest BCUT2D eigenvalue weighted by Crippen LogP contribution is 2.36. The second kappa shape index (κ2) is 8.59. The third-order valence-electron chi connectivity index (χ3n) is 4.62. The molecule has 2 N–H and O–H groups in total. The number of amides is 1. The van der Waals surface area contributed by atoms with E-state index >= 15 is 0 Å². The summed E-state index contributed by atoms with van der Waals surface area (Å²) >= 11 is 11.3. The quantitative estimate of drug-likeness (QED) is 0.626.